The summed E-state index contributed by atoms with van der Waals surface area (Å²) in [6.45, 7) is 0.886. The number of aliphatic hydroxyl groups excluding tert-OH is 7. The number of esters is 1. The van der Waals surface area contributed by atoms with Gasteiger partial charge in [0.05, 0.1) is 19.8 Å². The van der Waals surface area contributed by atoms with Crippen molar-refractivity contribution in [1.82, 2.24) is 0 Å². The number of hydrogen-bond donors (Lipinski definition) is 7. The Labute approximate surface area is 234 Å². The fourth-order valence-corrected chi connectivity index (χ4v) is 4.70. The van der Waals surface area contributed by atoms with Crippen LogP contribution in [0.5, 0.6) is 5.75 Å². The van der Waals surface area contributed by atoms with Crippen molar-refractivity contribution in [1.29, 1.82) is 0 Å². The summed E-state index contributed by atoms with van der Waals surface area (Å²) in [7, 11) is 0. The van der Waals surface area contributed by atoms with Crippen molar-refractivity contribution < 1.29 is 59.5 Å². The Morgan fingerprint density at radius 3 is 2.33 bits per heavy atom. The molecule has 7 N–H and O–H groups in total. The Morgan fingerprint density at radius 1 is 0.975 bits per heavy atom. The van der Waals surface area contributed by atoms with Crippen molar-refractivity contribution in [2.24, 2.45) is 0 Å². The molecule has 1 saturated heterocycles. The summed E-state index contributed by atoms with van der Waals surface area (Å²) in [6.07, 6.45) is -10.1. The number of benzene rings is 2. The van der Waals surface area contributed by atoms with Gasteiger partial charge in [-0.25, -0.2) is 4.79 Å². The topological polar surface area (TPSA) is 196 Å². The molecule has 2 aliphatic heterocycles. The van der Waals surface area contributed by atoms with Crippen molar-refractivity contribution in [2.45, 2.75) is 55.8 Å². The summed E-state index contributed by atoms with van der Waals surface area (Å²) in [4.78, 5) is 11.9. The first-order chi connectivity index (χ1) is 19.0. The van der Waals surface area contributed by atoms with Gasteiger partial charge in [-0.3, -0.25) is 0 Å². The first-order valence-corrected chi connectivity index (χ1v) is 12.9. The number of aliphatic hydroxyl groups is 7. The van der Waals surface area contributed by atoms with Crippen LogP contribution >= 0.6 is 11.6 Å². The third-order valence-electron chi connectivity index (χ3n) is 6.75. The normalized spacial score (nSPS) is 30.7. The second-order valence-electron chi connectivity index (χ2n) is 9.41. The Hall–Kier alpha value is -2.94. The number of carbonyl (C=O) groups excluding carboxylic acids is 1. The minimum atomic E-state index is -2.37. The number of cyclic esters (lactones) is 1. The predicted molar refractivity (Wildman–Crippen MR) is 138 cm³/mol. The van der Waals surface area contributed by atoms with Gasteiger partial charge in [-0.15, -0.1) is 0 Å². The van der Waals surface area contributed by atoms with E-state index in [2.05, 4.69) is 0 Å². The maximum absolute atomic E-state index is 11.9. The molecule has 0 radical (unpaired) electrons. The summed E-state index contributed by atoms with van der Waals surface area (Å²) in [5.41, 5.74) is 1.49. The Bertz CT molecular complexity index is 1230. The average molecular weight is 583 g/mol. The van der Waals surface area contributed by atoms with Gasteiger partial charge in [-0.2, -0.15) is 0 Å². The van der Waals surface area contributed by atoms with Crippen molar-refractivity contribution in [3.05, 3.63) is 75.7 Å². The molecule has 0 amide bonds. The van der Waals surface area contributed by atoms with Crippen molar-refractivity contribution in [2.75, 3.05) is 19.8 Å². The molecule has 0 unspecified atom stereocenters. The van der Waals surface area contributed by atoms with E-state index < -0.39 is 73.1 Å². The smallest absolute Gasteiger partial charge is 0.338 e. The molecule has 13 heteroatoms. The van der Waals surface area contributed by atoms with Crippen LogP contribution in [0, 0.1) is 0 Å². The molecule has 7 atom stereocenters. The zero-order valence-electron chi connectivity index (χ0n) is 21.4. The van der Waals surface area contributed by atoms with E-state index >= 15 is 0 Å². The highest BCUT2D eigenvalue weighted by atomic mass is 35.5. The number of rotatable bonds is 9. The maximum atomic E-state index is 11.9. The van der Waals surface area contributed by atoms with Gasteiger partial charge in [0.1, 0.15) is 30.2 Å². The maximum Gasteiger partial charge on any atom is 0.338 e. The molecule has 40 heavy (non-hydrogen) atoms. The minimum Gasteiger partial charge on any atom is -0.506 e. The summed E-state index contributed by atoms with van der Waals surface area (Å²) < 4.78 is 22.1. The summed E-state index contributed by atoms with van der Waals surface area (Å²) in [5.74, 6) is -4.79. The molecular formula is C27H31ClO12. The quantitative estimate of drug-likeness (QED) is 0.204. The van der Waals surface area contributed by atoms with Gasteiger partial charge < -0.3 is 54.7 Å². The lowest BCUT2D eigenvalue weighted by molar-refractivity contribution is -0.303. The lowest BCUT2D eigenvalue weighted by Gasteiger charge is -2.43. The highest BCUT2D eigenvalue weighted by Crippen LogP contribution is 2.43. The Kier molecular flexibility index (Phi) is 9.22. The van der Waals surface area contributed by atoms with E-state index in [-0.39, 0.29) is 5.56 Å². The molecule has 0 aliphatic carbocycles. The van der Waals surface area contributed by atoms with Crippen LogP contribution in [0.25, 0.3) is 0 Å². The molecule has 1 fully saturated rings. The molecule has 2 aliphatic rings. The van der Waals surface area contributed by atoms with Crippen LogP contribution in [-0.2, 0) is 31.2 Å². The molecular weight excluding hydrogens is 552 g/mol. The van der Waals surface area contributed by atoms with Crippen LogP contribution in [0.3, 0.4) is 0 Å². The van der Waals surface area contributed by atoms with Gasteiger partial charge in [-0.05, 0) is 48.7 Å². The lowest BCUT2D eigenvalue weighted by Crippen LogP contribution is -2.58. The molecule has 218 valence electrons. The number of carbonyl (C=O) groups is 1. The first-order valence-electron chi connectivity index (χ1n) is 12.5. The Morgan fingerprint density at radius 2 is 1.68 bits per heavy atom. The fourth-order valence-electron chi connectivity index (χ4n) is 4.52. The molecule has 0 spiro atoms. The molecule has 0 bridgehead atoms. The summed E-state index contributed by atoms with van der Waals surface area (Å²) >= 11 is 6.47. The predicted octanol–water partition coefficient (Wildman–Crippen LogP) is 0.587. The van der Waals surface area contributed by atoms with E-state index in [0.717, 1.165) is 5.56 Å². The molecule has 12 nitrogen and oxygen atoms in total. The molecule has 2 aromatic rings. The second-order valence-corrected chi connectivity index (χ2v) is 9.81. The van der Waals surface area contributed by atoms with Crippen LogP contribution in [0.15, 0.2) is 54.0 Å². The van der Waals surface area contributed by atoms with Gasteiger partial charge in [-0.1, -0.05) is 29.8 Å². The molecule has 2 heterocycles. The highest BCUT2D eigenvalue weighted by Gasteiger charge is 2.53. The van der Waals surface area contributed by atoms with Crippen LogP contribution in [-0.4, -0.2) is 98.2 Å². The zero-order valence-corrected chi connectivity index (χ0v) is 22.1. The third-order valence-corrected chi connectivity index (χ3v) is 7.12. The van der Waals surface area contributed by atoms with Crippen LogP contribution in [0.2, 0.25) is 5.02 Å². The van der Waals surface area contributed by atoms with E-state index in [1.54, 1.807) is 12.1 Å². The standard InChI is InChI=1S/C27H31ClO12/c1-2-37-16-6-3-13(4-7-16)9-14-10-15(5-8-17(14)28)27(25(35)23(33)20(30)18(11-29)40-27)38-12-19-21(31)22(32)24(34)26(36)39-19/h3-8,10,18-22,24,29-35H,2,9,11-12H2,1H3/t18-,19-,20-,21-,22+,24-,27+/m1/s1. The van der Waals surface area contributed by atoms with E-state index in [0.29, 0.717) is 29.4 Å². The van der Waals surface area contributed by atoms with Gasteiger partial charge in [0.15, 0.2) is 23.7 Å². The fraction of sp³-hybridized carbons (Fsp3) is 0.444. The highest BCUT2D eigenvalue weighted by molar-refractivity contribution is 6.31. The molecule has 0 saturated carbocycles. The van der Waals surface area contributed by atoms with Crippen LogP contribution in [0.1, 0.15) is 23.6 Å². The summed E-state index contributed by atoms with van der Waals surface area (Å²) in [6, 6.07) is 11.7. The van der Waals surface area contributed by atoms with Gasteiger partial charge in [0.25, 0.3) is 5.79 Å². The largest absolute Gasteiger partial charge is 0.506 e. The summed E-state index contributed by atoms with van der Waals surface area (Å²) in [5, 5.41) is 72.0. The van der Waals surface area contributed by atoms with Crippen molar-refractivity contribution in [3.63, 3.8) is 0 Å². The minimum absolute atomic E-state index is 0.0736. The molecule has 4 rings (SSSR count). The van der Waals surface area contributed by atoms with E-state index in [4.69, 9.17) is 30.5 Å². The lowest BCUT2D eigenvalue weighted by atomic mass is 9.93. The van der Waals surface area contributed by atoms with Gasteiger partial charge in [0, 0.05) is 10.6 Å². The van der Waals surface area contributed by atoms with Gasteiger partial charge >= 0.3 is 5.97 Å². The van der Waals surface area contributed by atoms with Crippen LogP contribution < -0.4 is 4.74 Å². The van der Waals surface area contributed by atoms with E-state index in [1.807, 2.05) is 19.1 Å². The Balaban J connectivity index is 1.71. The SMILES string of the molecule is CCOc1ccc(Cc2cc([C@]3(OC[C@H]4OC(=O)[C@H](O)[C@@H](O)[C@@H]4O)O[C@H](CO)[C@@H](O)C(O)=C3O)ccc2Cl)cc1. The van der Waals surface area contributed by atoms with Crippen molar-refractivity contribution >= 4 is 17.6 Å². The molecule has 2 aromatic carbocycles. The molecule has 0 aromatic heterocycles. The van der Waals surface area contributed by atoms with Crippen molar-refractivity contribution in [3.8, 4) is 5.75 Å². The average Bonchev–Trinajstić information content (AvgIpc) is 2.95. The number of ether oxygens (including phenoxy) is 4. The number of hydrogen-bond acceptors (Lipinski definition) is 12. The number of halogens is 1. The third kappa shape index (κ3) is 5.76. The van der Waals surface area contributed by atoms with Gasteiger partial charge in [0.2, 0.25) is 0 Å². The van der Waals surface area contributed by atoms with Crippen LogP contribution in [0.4, 0.5) is 0 Å². The zero-order chi connectivity index (χ0) is 29.2. The second kappa shape index (κ2) is 12.3. The van der Waals surface area contributed by atoms with E-state index in [1.165, 1.54) is 18.2 Å². The first kappa shape index (κ1) is 30.0. The monoisotopic (exact) mass is 582 g/mol. The van der Waals surface area contributed by atoms with E-state index in [9.17, 15) is 40.5 Å².